The highest BCUT2D eigenvalue weighted by molar-refractivity contribution is 5.80. The van der Waals surface area contributed by atoms with Gasteiger partial charge < -0.3 is 20.3 Å². The van der Waals surface area contributed by atoms with Crippen LogP contribution in [0, 0.1) is 5.82 Å². The molecule has 1 aromatic heterocycles. The van der Waals surface area contributed by atoms with Crippen molar-refractivity contribution in [3.63, 3.8) is 0 Å². The number of methoxy groups -OCH3 is 1. The molecule has 0 fully saturated rings. The Morgan fingerprint density at radius 1 is 1.38 bits per heavy atom. The van der Waals surface area contributed by atoms with E-state index in [9.17, 15) is 4.39 Å². The summed E-state index contributed by atoms with van der Waals surface area (Å²) < 4.78 is 20.3. The second-order valence-electron chi connectivity index (χ2n) is 7.42. The number of nitrogens with zero attached hydrogens (tertiary/aromatic N) is 5. The van der Waals surface area contributed by atoms with E-state index < -0.39 is 0 Å². The highest BCUT2D eigenvalue weighted by atomic mass is 19.1. The Balaban J connectivity index is 1.58. The number of aliphatic imine (C=N–C) groups is 1. The summed E-state index contributed by atoms with van der Waals surface area (Å²) in [5.41, 5.74) is 1.05. The van der Waals surface area contributed by atoms with Gasteiger partial charge in [0.25, 0.3) is 0 Å². The van der Waals surface area contributed by atoms with E-state index in [1.807, 2.05) is 30.9 Å². The van der Waals surface area contributed by atoms with Crippen molar-refractivity contribution in [3.8, 4) is 0 Å². The van der Waals surface area contributed by atoms with Crippen molar-refractivity contribution in [3.05, 3.63) is 47.3 Å². The Morgan fingerprint density at radius 3 is 2.79 bits per heavy atom. The summed E-state index contributed by atoms with van der Waals surface area (Å²) in [6.45, 7) is 1.82. The molecule has 1 aliphatic heterocycles. The fourth-order valence-corrected chi connectivity index (χ4v) is 3.53. The van der Waals surface area contributed by atoms with Crippen LogP contribution >= 0.6 is 0 Å². The van der Waals surface area contributed by atoms with Crippen molar-refractivity contribution in [2.24, 2.45) is 4.99 Å². The Morgan fingerprint density at radius 2 is 2.14 bits per heavy atom. The topological polar surface area (TPSA) is 79.6 Å². The number of nitrogens with one attached hydrogen (secondary N) is 2. The molecule has 3 rings (SSSR count). The maximum atomic E-state index is 13.3. The third-order valence-corrected chi connectivity index (χ3v) is 5.08. The molecule has 2 N–H and O–H groups in total. The lowest BCUT2D eigenvalue weighted by molar-refractivity contribution is 0.177. The lowest BCUT2D eigenvalue weighted by Gasteiger charge is -2.28. The van der Waals surface area contributed by atoms with E-state index in [-0.39, 0.29) is 17.9 Å². The van der Waals surface area contributed by atoms with Crippen LogP contribution in [0.2, 0.25) is 0 Å². The minimum absolute atomic E-state index is 0.0963. The molecule has 158 valence electrons. The fourth-order valence-electron chi connectivity index (χ4n) is 3.53. The predicted molar refractivity (Wildman–Crippen MR) is 110 cm³/mol. The van der Waals surface area contributed by atoms with Crippen LogP contribution in [-0.2, 0) is 24.3 Å². The number of ether oxygens (including phenoxy) is 1. The van der Waals surface area contributed by atoms with E-state index in [4.69, 9.17) is 4.74 Å². The Bertz CT molecular complexity index is 819. The number of aryl methyl sites for hydroxylation is 1. The van der Waals surface area contributed by atoms with Crippen LogP contribution in [0.4, 0.5) is 4.39 Å². The number of likely N-dealkylation sites (N-methyl/N-ethyl adjacent to an activating group) is 1. The van der Waals surface area contributed by atoms with Crippen molar-refractivity contribution < 1.29 is 9.13 Å². The molecule has 0 radical (unpaired) electrons. The monoisotopic (exact) mass is 403 g/mol. The predicted octanol–water partition coefficient (Wildman–Crippen LogP) is 1.35. The number of fused-ring (bicyclic) bond motifs is 1. The summed E-state index contributed by atoms with van der Waals surface area (Å²) in [6, 6.07) is 6.95. The Hall–Kier alpha value is -2.52. The van der Waals surface area contributed by atoms with Gasteiger partial charge in [0.2, 0.25) is 0 Å². The normalized spacial score (nSPS) is 17.9. The van der Waals surface area contributed by atoms with Crippen LogP contribution in [0.3, 0.4) is 0 Å². The van der Waals surface area contributed by atoms with Crippen LogP contribution < -0.4 is 10.6 Å². The van der Waals surface area contributed by atoms with E-state index in [1.54, 1.807) is 14.2 Å². The van der Waals surface area contributed by atoms with Gasteiger partial charge in [-0.25, -0.2) is 14.1 Å². The zero-order chi connectivity index (χ0) is 20.8. The number of benzene rings is 1. The zero-order valence-corrected chi connectivity index (χ0v) is 17.5. The molecule has 2 atom stereocenters. The van der Waals surface area contributed by atoms with Crippen LogP contribution in [0.25, 0.3) is 0 Å². The van der Waals surface area contributed by atoms with Crippen molar-refractivity contribution in [1.29, 1.82) is 0 Å². The van der Waals surface area contributed by atoms with Gasteiger partial charge in [-0.2, -0.15) is 5.10 Å². The first-order valence-electron chi connectivity index (χ1n) is 9.80. The van der Waals surface area contributed by atoms with Gasteiger partial charge in [-0.15, -0.1) is 0 Å². The average Bonchev–Trinajstić information content (AvgIpc) is 3.10. The minimum Gasteiger partial charge on any atom is -0.377 e. The number of rotatable bonds is 7. The summed E-state index contributed by atoms with van der Waals surface area (Å²) in [7, 11) is 7.43. The lowest BCUT2D eigenvalue weighted by atomic mass is 10.1. The average molecular weight is 404 g/mol. The maximum Gasteiger partial charge on any atom is 0.191 e. The first kappa shape index (κ1) is 21.2. The molecule has 2 heterocycles. The van der Waals surface area contributed by atoms with Gasteiger partial charge in [0.05, 0.1) is 12.6 Å². The molecule has 29 heavy (non-hydrogen) atoms. The van der Waals surface area contributed by atoms with E-state index in [0.717, 1.165) is 42.6 Å². The molecule has 1 aromatic carbocycles. The van der Waals surface area contributed by atoms with Crippen molar-refractivity contribution >= 4 is 5.96 Å². The smallest absolute Gasteiger partial charge is 0.191 e. The quantitative estimate of drug-likeness (QED) is 0.537. The van der Waals surface area contributed by atoms with Crippen molar-refractivity contribution in [1.82, 2.24) is 30.3 Å². The summed E-state index contributed by atoms with van der Waals surface area (Å²) >= 11 is 0. The van der Waals surface area contributed by atoms with Crippen LogP contribution in [0.1, 0.15) is 29.7 Å². The van der Waals surface area contributed by atoms with E-state index >= 15 is 0 Å². The third-order valence-electron chi connectivity index (χ3n) is 5.08. The number of hydrogen-bond donors (Lipinski definition) is 2. The molecule has 0 bridgehead atoms. The van der Waals surface area contributed by atoms with Crippen molar-refractivity contribution in [2.75, 3.05) is 34.8 Å². The minimum atomic E-state index is -0.227. The first-order chi connectivity index (χ1) is 14.0. The fraction of sp³-hybridized carbons (Fsp3) is 0.550. The molecule has 0 saturated carbocycles. The molecule has 0 saturated heterocycles. The lowest BCUT2D eigenvalue weighted by Crippen LogP contribution is -2.48. The second-order valence-corrected chi connectivity index (χ2v) is 7.42. The Labute approximate surface area is 171 Å². The first-order valence-corrected chi connectivity index (χ1v) is 9.80. The summed E-state index contributed by atoms with van der Waals surface area (Å²) in [5.74, 6) is 2.24. The number of hydrogen-bond acceptors (Lipinski definition) is 5. The van der Waals surface area contributed by atoms with Crippen LogP contribution in [0.5, 0.6) is 0 Å². The highest BCUT2D eigenvalue weighted by Crippen LogP contribution is 2.18. The second kappa shape index (κ2) is 9.80. The number of guanidine groups is 1. The standard InChI is InChI=1S/C20H30FN7O/c1-22-20(23-11-17(27(2)3)14-5-7-15(21)8-6-14)24-16-9-10-19-25-18(13-29-4)26-28(19)12-16/h5-8,16-17H,9-13H2,1-4H3,(H2,22,23,24). The molecule has 9 heteroatoms. The van der Waals surface area contributed by atoms with E-state index in [1.165, 1.54) is 12.1 Å². The van der Waals surface area contributed by atoms with Crippen molar-refractivity contribution in [2.45, 2.75) is 38.1 Å². The van der Waals surface area contributed by atoms with Gasteiger partial charge in [0.15, 0.2) is 11.8 Å². The molecule has 2 unspecified atom stereocenters. The largest absolute Gasteiger partial charge is 0.377 e. The molecular formula is C20H30FN7O. The molecule has 1 aliphatic rings. The summed E-state index contributed by atoms with van der Waals surface area (Å²) in [4.78, 5) is 11.0. The van der Waals surface area contributed by atoms with Gasteiger partial charge in [-0.3, -0.25) is 4.99 Å². The SMILES string of the molecule is CN=C(NCC(c1ccc(F)cc1)N(C)C)NC1CCc2nc(COC)nn2C1. The van der Waals surface area contributed by atoms with Crippen LogP contribution in [0.15, 0.2) is 29.3 Å². The van der Waals surface area contributed by atoms with E-state index in [0.29, 0.717) is 13.2 Å². The summed E-state index contributed by atoms with van der Waals surface area (Å²) in [5, 5.41) is 11.4. The number of aromatic nitrogens is 3. The van der Waals surface area contributed by atoms with Gasteiger partial charge in [-0.05, 0) is 38.2 Å². The molecule has 0 aliphatic carbocycles. The van der Waals surface area contributed by atoms with Crippen LogP contribution in [-0.4, -0.2) is 66.5 Å². The third kappa shape index (κ3) is 5.51. The van der Waals surface area contributed by atoms with Gasteiger partial charge in [0.1, 0.15) is 18.2 Å². The van der Waals surface area contributed by atoms with Gasteiger partial charge in [-0.1, -0.05) is 12.1 Å². The molecule has 2 aromatic rings. The van der Waals surface area contributed by atoms with Gasteiger partial charge >= 0.3 is 0 Å². The molecular weight excluding hydrogens is 373 g/mol. The highest BCUT2D eigenvalue weighted by Gasteiger charge is 2.23. The maximum absolute atomic E-state index is 13.3. The molecule has 8 nitrogen and oxygen atoms in total. The Kier molecular flexibility index (Phi) is 7.16. The molecule has 0 spiro atoms. The zero-order valence-electron chi connectivity index (χ0n) is 17.5. The molecule has 0 amide bonds. The van der Waals surface area contributed by atoms with E-state index in [2.05, 4.69) is 30.6 Å². The van der Waals surface area contributed by atoms with Gasteiger partial charge in [0, 0.05) is 33.2 Å². The summed E-state index contributed by atoms with van der Waals surface area (Å²) in [6.07, 6.45) is 1.82. The number of halogens is 1.